The maximum atomic E-state index is 12.4. The first-order valence-corrected chi connectivity index (χ1v) is 8.13. The highest BCUT2D eigenvalue weighted by atomic mass is 35.5. The van der Waals surface area contributed by atoms with Gasteiger partial charge in [0.1, 0.15) is 0 Å². The number of benzene rings is 2. The van der Waals surface area contributed by atoms with Gasteiger partial charge < -0.3 is 9.84 Å². The SMILES string of the molecule is O=C(O)Oc1cnn(-c2nc3cc(-c4cccc(Cl)c4)ccc3c(=O)[nH]2)c1. The summed E-state index contributed by atoms with van der Waals surface area (Å²) in [4.78, 5) is 30.0. The summed E-state index contributed by atoms with van der Waals surface area (Å²) in [6.07, 6.45) is 1.06. The molecule has 0 bridgehead atoms. The molecule has 2 aromatic heterocycles. The molecule has 0 unspecified atom stereocenters. The number of carboxylic acid groups (broad SMARTS) is 1. The van der Waals surface area contributed by atoms with E-state index in [1.807, 2.05) is 24.3 Å². The highest BCUT2D eigenvalue weighted by Gasteiger charge is 2.10. The monoisotopic (exact) mass is 382 g/mol. The first kappa shape index (κ1) is 16.8. The lowest BCUT2D eigenvalue weighted by atomic mass is 10.0. The maximum absolute atomic E-state index is 12.4. The van der Waals surface area contributed by atoms with E-state index < -0.39 is 6.16 Å². The molecule has 0 saturated heterocycles. The highest BCUT2D eigenvalue weighted by Crippen LogP contribution is 2.25. The second-order valence-corrected chi connectivity index (χ2v) is 6.06. The van der Waals surface area contributed by atoms with E-state index in [-0.39, 0.29) is 17.3 Å². The van der Waals surface area contributed by atoms with Crippen molar-refractivity contribution in [1.29, 1.82) is 0 Å². The van der Waals surface area contributed by atoms with Gasteiger partial charge in [0.05, 0.1) is 23.3 Å². The molecule has 0 amide bonds. The zero-order valence-electron chi connectivity index (χ0n) is 13.6. The van der Waals surface area contributed by atoms with Crippen molar-refractivity contribution >= 4 is 28.7 Å². The number of fused-ring (bicyclic) bond motifs is 1. The molecule has 2 N–H and O–H groups in total. The van der Waals surface area contributed by atoms with E-state index in [4.69, 9.17) is 16.7 Å². The molecule has 4 rings (SSSR count). The Hall–Kier alpha value is -3.65. The van der Waals surface area contributed by atoms with Crippen LogP contribution in [0.5, 0.6) is 5.75 Å². The van der Waals surface area contributed by atoms with Gasteiger partial charge in [-0.2, -0.15) is 5.10 Å². The summed E-state index contributed by atoms with van der Waals surface area (Å²) in [7, 11) is 0. The molecule has 2 heterocycles. The number of hydrogen-bond acceptors (Lipinski definition) is 5. The Bertz CT molecular complexity index is 1230. The van der Waals surface area contributed by atoms with Gasteiger partial charge in [-0.25, -0.2) is 14.5 Å². The normalized spacial score (nSPS) is 10.9. The summed E-state index contributed by atoms with van der Waals surface area (Å²) in [5.41, 5.74) is 1.86. The van der Waals surface area contributed by atoms with Crippen LogP contribution in [0.25, 0.3) is 28.0 Å². The number of nitrogens with zero attached hydrogens (tertiary/aromatic N) is 3. The average Bonchev–Trinajstić information content (AvgIpc) is 3.09. The summed E-state index contributed by atoms with van der Waals surface area (Å²) in [6.45, 7) is 0. The van der Waals surface area contributed by atoms with Crippen LogP contribution in [0, 0.1) is 0 Å². The molecule has 0 aliphatic carbocycles. The molecule has 0 atom stereocenters. The van der Waals surface area contributed by atoms with Crippen LogP contribution in [-0.4, -0.2) is 31.0 Å². The molecular weight excluding hydrogens is 372 g/mol. The van der Waals surface area contributed by atoms with E-state index in [2.05, 4.69) is 19.8 Å². The number of rotatable bonds is 3. The van der Waals surface area contributed by atoms with E-state index in [1.54, 1.807) is 18.2 Å². The van der Waals surface area contributed by atoms with Crippen LogP contribution in [0.4, 0.5) is 4.79 Å². The Kier molecular flexibility index (Phi) is 4.09. The van der Waals surface area contributed by atoms with Crippen molar-refractivity contribution in [2.24, 2.45) is 0 Å². The van der Waals surface area contributed by atoms with Crippen molar-refractivity contribution in [3.63, 3.8) is 0 Å². The van der Waals surface area contributed by atoms with Gasteiger partial charge in [0.25, 0.3) is 5.56 Å². The summed E-state index contributed by atoms with van der Waals surface area (Å²) in [6, 6.07) is 12.6. The first-order valence-electron chi connectivity index (χ1n) is 7.75. The minimum absolute atomic E-state index is 0.0120. The summed E-state index contributed by atoms with van der Waals surface area (Å²) in [5, 5.41) is 13.6. The Morgan fingerprint density at radius 2 is 2.00 bits per heavy atom. The smallest absolute Gasteiger partial charge is 0.449 e. The zero-order chi connectivity index (χ0) is 19.0. The van der Waals surface area contributed by atoms with Gasteiger partial charge in [-0.1, -0.05) is 29.8 Å². The Balaban J connectivity index is 1.80. The van der Waals surface area contributed by atoms with Crippen molar-refractivity contribution in [2.75, 3.05) is 0 Å². The van der Waals surface area contributed by atoms with Gasteiger partial charge in [0.2, 0.25) is 5.95 Å². The van der Waals surface area contributed by atoms with Crippen LogP contribution in [0.2, 0.25) is 5.02 Å². The fourth-order valence-corrected chi connectivity index (χ4v) is 2.85. The van der Waals surface area contributed by atoms with E-state index >= 15 is 0 Å². The topological polar surface area (TPSA) is 110 Å². The largest absolute Gasteiger partial charge is 0.511 e. The molecule has 0 aliphatic rings. The number of aromatic amines is 1. The van der Waals surface area contributed by atoms with Gasteiger partial charge in [0, 0.05) is 5.02 Å². The van der Waals surface area contributed by atoms with Crippen LogP contribution in [0.15, 0.2) is 59.7 Å². The van der Waals surface area contributed by atoms with Gasteiger partial charge in [-0.05, 0) is 35.4 Å². The Morgan fingerprint density at radius 1 is 1.19 bits per heavy atom. The lowest BCUT2D eigenvalue weighted by Crippen LogP contribution is -2.13. The highest BCUT2D eigenvalue weighted by molar-refractivity contribution is 6.30. The molecule has 0 aliphatic heterocycles. The lowest BCUT2D eigenvalue weighted by molar-refractivity contribution is 0.144. The summed E-state index contributed by atoms with van der Waals surface area (Å²) >= 11 is 6.05. The van der Waals surface area contributed by atoms with Crippen molar-refractivity contribution in [3.05, 3.63) is 70.2 Å². The minimum Gasteiger partial charge on any atom is -0.449 e. The van der Waals surface area contributed by atoms with Gasteiger partial charge in [-0.15, -0.1) is 0 Å². The molecule has 0 fully saturated rings. The minimum atomic E-state index is -1.46. The van der Waals surface area contributed by atoms with E-state index in [0.717, 1.165) is 11.1 Å². The average molecular weight is 383 g/mol. The summed E-state index contributed by atoms with van der Waals surface area (Å²) in [5.74, 6) is 0.147. The van der Waals surface area contributed by atoms with E-state index in [1.165, 1.54) is 17.1 Å². The number of nitrogens with one attached hydrogen (secondary N) is 1. The number of carbonyl (C=O) groups is 1. The number of aromatic nitrogens is 4. The predicted octanol–water partition coefficient (Wildman–Crippen LogP) is 3.49. The number of hydrogen-bond donors (Lipinski definition) is 2. The third-order valence-corrected chi connectivity index (χ3v) is 4.07. The van der Waals surface area contributed by atoms with Gasteiger partial charge in [-0.3, -0.25) is 9.78 Å². The van der Waals surface area contributed by atoms with Crippen LogP contribution < -0.4 is 10.3 Å². The molecule has 4 aromatic rings. The number of ether oxygens (including phenoxy) is 1. The summed E-state index contributed by atoms with van der Waals surface area (Å²) < 4.78 is 5.75. The Morgan fingerprint density at radius 3 is 2.78 bits per heavy atom. The molecule has 27 heavy (non-hydrogen) atoms. The molecular formula is C18H11ClN4O4. The molecule has 9 heteroatoms. The maximum Gasteiger partial charge on any atom is 0.511 e. The molecule has 0 radical (unpaired) electrons. The Labute approximate surface area is 156 Å². The number of halogens is 1. The van der Waals surface area contributed by atoms with Crippen molar-refractivity contribution in [1.82, 2.24) is 19.7 Å². The van der Waals surface area contributed by atoms with Crippen LogP contribution in [0.3, 0.4) is 0 Å². The quantitative estimate of drug-likeness (QED) is 0.525. The van der Waals surface area contributed by atoms with E-state index in [9.17, 15) is 9.59 Å². The molecule has 8 nitrogen and oxygen atoms in total. The van der Waals surface area contributed by atoms with Crippen LogP contribution in [0.1, 0.15) is 0 Å². The molecule has 0 saturated carbocycles. The second kappa shape index (κ2) is 6.58. The van der Waals surface area contributed by atoms with Crippen molar-refractivity contribution in [3.8, 4) is 22.8 Å². The van der Waals surface area contributed by atoms with Crippen LogP contribution >= 0.6 is 11.6 Å². The van der Waals surface area contributed by atoms with Crippen molar-refractivity contribution in [2.45, 2.75) is 0 Å². The number of H-pyrrole nitrogens is 1. The fourth-order valence-electron chi connectivity index (χ4n) is 2.66. The fraction of sp³-hybridized carbons (Fsp3) is 0. The molecule has 2 aromatic carbocycles. The first-order chi connectivity index (χ1) is 13.0. The third kappa shape index (κ3) is 3.38. The standard InChI is InChI=1S/C18H11ClN4O4/c19-12-3-1-2-10(6-12)11-4-5-14-15(7-11)21-17(22-16(14)24)23-9-13(8-20-23)27-18(25)26/h1-9H,(H,25,26)(H,21,22,24). The molecule has 134 valence electrons. The van der Waals surface area contributed by atoms with Crippen LogP contribution in [-0.2, 0) is 0 Å². The molecule has 0 spiro atoms. The van der Waals surface area contributed by atoms with Crippen molar-refractivity contribution < 1.29 is 14.6 Å². The second-order valence-electron chi connectivity index (χ2n) is 5.62. The zero-order valence-corrected chi connectivity index (χ0v) is 14.3. The van der Waals surface area contributed by atoms with Gasteiger partial charge in [0.15, 0.2) is 5.75 Å². The third-order valence-electron chi connectivity index (χ3n) is 3.83. The lowest BCUT2D eigenvalue weighted by Gasteiger charge is -2.06. The van der Waals surface area contributed by atoms with Gasteiger partial charge >= 0.3 is 6.16 Å². The van der Waals surface area contributed by atoms with E-state index in [0.29, 0.717) is 15.9 Å². The predicted molar refractivity (Wildman–Crippen MR) is 98.6 cm³/mol.